The average Bonchev–Trinajstić information content (AvgIpc) is 2.88. The number of rotatable bonds is 4. The molecule has 3 aromatic rings. The summed E-state index contributed by atoms with van der Waals surface area (Å²) in [5.41, 5.74) is 11.9. The van der Waals surface area contributed by atoms with E-state index in [4.69, 9.17) is 15.2 Å². The van der Waals surface area contributed by atoms with Crippen LogP contribution in [0.1, 0.15) is 39.8 Å². The van der Waals surface area contributed by atoms with Gasteiger partial charge < -0.3 is 15.2 Å². The molecule has 0 unspecified atom stereocenters. The first-order valence-electron chi connectivity index (χ1n) is 8.78. The summed E-state index contributed by atoms with van der Waals surface area (Å²) in [4.78, 5) is 21.9. The Morgan fingerprint density at radius 1 is 1.15 bits per heavy atom. The fraction of sp³-hybridized carbons (Fsp3) is 0.350. The molecule has 0 bridgehead atoms. The van der Waals surface area contributed by atoms with Crippen LogP contribution < -0.4 is 10.5 Å². The van der Waals surface area contributed by atoms with Crippen LogP contribution in [-0.2, 0) is 4.74 Å². The molecule has 7 heteroatoms. The number of carbonyl (C=O) groups excluding carboxylic acids is 1. The van der Waals surface area contributed by atoms with Crippen molar-refractivity contribution in [3.05, 3.63) is 40.2 Å². The van der Waals surface area contributed by atoms with Gasteiger partial charge in [-0.3, -0.25) is 4.57 Å². The topological polar surface area (TPSA) is 92.3 Å². The van der Waals surface area contributed by atoms with Gasteiger partial charge in [0.15, 0.2) is 5.65 Å². The van der Waals surface area contributed by atoms with E-state index in [2.05, 4.69) is 9.97 Å². The fourth-order valence-corrected chi connectivity index (χ4v) is 3.28. The number of aromatic nitrogens is 3. The minimum Gasteiger partial charge on any atom is -0.496 e. The minimum atomic E-state index is -0.505. The highest BCUT2D eigenvalue weighted by atomic mass is 16.5. The fourth-order valence-electron chi connectivity index (χ4n) is 3.28. The van der Waals surface area contributed by atoms with Crippen molar-refractivity contribution >= 4 is 23.0 Å². The van der Waals surface area contributed by atoms with Crippen LogP contribution in [0.3, 0.4) is 0 Å². The van der Waals surface area contributed by atoms with Gasteiger partial charge in [-0.1, -0.05) is 6.07 Å². The molecular weight excluding hydrogens is 344 g/mol. The molecule has 0 aliphatic rings. The number of anilines is 1. The summed E-state index contributed by atoms with van der Waals surface area (Å²) in [7, 11) is 1.62. The van der Waals surface area contributed by atoms with Gasteiger partial charge in [0.25, 0.3) is 0 Å². The third-order valence-corrected chi connectivity index (χ3v) is 4.74. The number of aryl methyl sites for hydroxylation is 3. The number of carbonyl (C=O) groups is 1. The van der Waals surface area contributed by atoms with E-state index in [0.29, 0.717) is 11.2 Å². The van der Waals surface area contributed by atoms with Gasteiger partial charge in [-0.2, -0.15) is 0 Å². The summed E-state index contributed by atoms with van der Waals surface area (Å²) in [5, 5.41) is 0. The molecule has 0 radical (unpaired) electrons. The lowest BCUT2D eigenvalue weighted by Gasteiger charge is -2.16. The molecule has 0 spiro atoms. The molecule has 3 rings (SSSR count). The minimum absolute atomic E-state index is 0.240. The SMILES string of the molecule is CCOC(=O)c1c(N)n(-c2c(C)ccc(OC)c2C)c2nc(C)c(C)nc12. The van der Waals surface area contributed by atoms with Crippen LogP contribution in [0, 0.1) is 27.7 Å². The number of nitrogens with zero attached hydrogens (tertiary/aromatic N) is 3. The van der Waals surface area contributed by atoms with Crippen molar-refractivity contribution in [2.24, 2.45) is 0 Å². The predicted octanol–water partition coefficient (Wildman–Crippen LogP) is 3.42. The van der Waals surface area contributed by atoms with E-state index in [1.165, 1.54) is 0 Å². The Kier molecular flexibility index (Phi) is 4.78. The van der Waals surface area contributed by atoms with Gasteiger partial charge in [-0.15, -0.1) is 0 Å². The van der Waals surface area contributed by atoms with Crippen molar-refractivity contribution in [2.45, 2.75) is 34.6 Å². The van der Waals surface area contributed by atoms with Crippen molar-refractivity contribution in [3.63, 3.8) is 0 Å². The Morgan fingerprint density at radius 2 is 1.81 bits per heavy atom. The molecule has 27 heavy (non-hydrogen) atoms. The maximum Gasteiger partial charge on any atom is 0.344 e. The molecule has 0 atom stereocenters. The molecule has 2 heterocycles. The quantitative estimate of drug-likeness (QED) is 0.709. The van der Waals surface area contributed by atoms with Gasteiger partial charge in [0, 0.05) is 5.56 Å². The van der Waals surface area contributed by atoms with Crippen molar-refractivity contribution in [3.8, 4) is 11.4 Å². The number of fused-ring (bicyclic) bond motifs is 1. The maximum absolute atomic E-state index is 12.6. The van der Waals surface area contributed by atoms with Gasteiger partial charge in [-0.25, -0.2) is 14.8 Å². The molecule has 7 nitrogen and oxygen atoms in total. The monoisotopic (exact) mass is 368 g/mol. The number of esters is 1. The number of benzene rings is 1. The number of ether oxygens (including phenoxy) is 2. The molecule has 0 saturated heterocycles. The van der Waals surface area contributed by atoms with Gasteiger partial charge in [0.2, 0.25) is 0 Å². The normalized spacial score (nSPS) is 11.0. The smallest absolute Gasteiger partial charge is 0.344 e. The van der Waals surface area contributed by atoms with E-state index >= 15 is 0 Å². The van der Waals surface area contributed by atoms with Crippen LogP contribution in [0.15, 0.2) is 12.1 Å². The van der Waals surface area contributed by atoms with Crippen molar-refractivity contribution in [2.75, 3.05) is 19.5 Å². The number of nitrogens with two attached hydrogens (primary N) is 1. The molecule has 0 aliphatic carbocycles. The van der Waals surface area contributed by atoms with Crippen LogP contribution in [0.4, 0.5) is 5.82 Å². The van der Waals surface area contributed by atoms with Gasteiger partial charge in [0.1, 0.15) is 22.6 Å². The molecule has 0 saturated carbocycles. The number of hydrogen-bond donors (Lipinski definition) is 1. The second kappa shape index (κ2) is 6.90. The lowest BCUT2D eigenvalue weighted by molar-refractivity contribution is 0.0529. The first kappa shape index (κ1) is 18.7. The van der Waals surface area contributed by atoms with Crippen LogP contribution in [0.25, 0.3) is 16.9 Å². The number of methoxy groups -OCH3 is 1. The van der Waals surface area contributed by atoms with Crippen molar-refractivity contribution < 1.29 is 14.3 Å². The third-order valence-electron chi connectivity index (χ3n) is 4.74. The molecule has 0 aliphatic heterocycles. The summed E-state index contributed by atoms with van der Waals surface area (Å²) in [5.74, 6) is 0.480. The summed E-state index contributed by atoms with van der Waals surface area (Å²) in [6.07, 6.45) is 0. The predicted molar refractivity (Wildman–Crippen MR) is 105 cm³/mol. The van der Waals surface area contributed by atoms with Crippen LogP contribution in [0.2, 0.25) is 0 Å². The average molecular weight is 368 g/mol. The molecule has 142 valence electrons. The molecular formula is C20H24N4O3. The van der Waals surface area contributed by atoms with E-state index in [0.717, 1.165) is 34.0 Å². The van der Waals surface area contributed by atoms with Crippen molar-refractivity contribution in [1.29, 1.82) is 0 Å². The Morgan fingerprint density at radius 3 is 2.44 bits per heavy atom. The van der Waals surface area contributed by atoms with Crippen LogP contribution >= 0.6 is 0 Å². The van der Waals surface area contributed by atoms with Gasteiger partial charge in [0.05, 0.1) is 30.8 Å². The first-order valence-corrected chi connectivity index (χ1v) is 8.78. The zero-order valence-corrected chi connectivity index (χ0v) is 16.5. The Bertz CT molecular complexity index is 1050. The van der Waals surface area contributed by atoms with E-state index in [1.807, 2.05) is 39.8 Å². The largest absolute Gasteiger partial charge is 0.496 e. The number of hydrogen-bond acceptors (Lipinski definition) is 6. The standard InChI is InChI=1S/C20H24N4O3/c1-7-27-20(25)15-16-19(23-13(5)12(4)22-16)24(18(15)21)17-10(2)8-9-14(26-6)11(17)3/h8-9H,7,21H2,1-6H3. The second-order valence-corrected chi connectivity index (χ2v) is 6.44. The highest BCUT2D eigenvalue weighted by Crippen LogP contribution is 2.35. The summed E-state index contributed by atoms with van der Waals surface area (Å²) < 4.78 is 12.5. The highest BCUT2D eigenvalue weighted by molar-refractivity contribution is 6.07. The summed E-state index contributed by atoms with van der Waals surface area (Å²) in [6.45, 7) is 9.67. The summed E-state index contributed by atoms with van der Waals surface area (Å²) >= 11 is 0. The van der Waals surface area contributed by atoms with Crippen LogP contribution in [0.5, 0.6) is 5.75 Å². The third kappa shape index (κ3) is 2.89. The van der Waals surface area contributed by atoms with E-state index in [9.17, 15) is 4.79 Å². The lowest BCUT2D eigenvalue weighted by Crippen LogP contribution is -2.10. The first-order chi connectivity index (χ1) is 12.8. The molecule has 2 N–H and O–H groups in total. The maximum atomic E-state index is 12.6. The van der Waals surface area contributed by atoms with Crippen molar-refractivity contribution in [1.82, 2.24) is 14.5 Å². The Balaban J connectivity index is 2.47. The zero-order chi connectivity index (χ0) is 19.9. The molecule has 0 amide bonds. The summed E-state index contributed by atoms with van der Waals surface area (Å²) in [6, 6.07) is 3.86. The highest BCUT2D eigenvalue weighted by Gasteiger charge is 2.27. The van der Waals surface area contributed by atoms with E-state index in [-0.39, 0.29) is 18.0 Å². The molecule has 1 aromatic carbocycles. The Labute approximate surface area is 158 Å². The second-order valence-electron chi connectivity index (χ2n) is 6.44. The molecule has 2 aromatic heterocycles. The Hall–Kier alpha value is -3.09. The van der Waals surface area contributed by atoms with E-state index in [1.54, 1.807) is 18.6 Å². The lowest BCUT2D eigenvalue weighted by atomic mass is 10.1. The molecule has 0 fully saturated rings. The van der Waals surface area contributed by atoms with Crippen LogP contribution in [-0.4, -0.2) is 34.2 Å². The number of nitrogen functional groups attached to an aromatic ring is 1. The van der Waals surface area contributed by atoms with Gasteiger partial charge in [-0.05, 0) is 46.2 Å². The van der Waals surface area contributed by atoms with Gasteiger partial charge >= 0.3 is 5.97 Å². The van der Waals surface area contributed by atoms with E-state index < -0.39 is 5.97 Å². The zero-order valence-electron chi connectivity index (χ0n) is 16.5.